The number of carbonyl (C=O) groups is 3. The predicted molar refractivity (Wildman–Crippen MR) is 171 cm³/mol. The second-order valence-electron chi connectivity index (χ2n) is 12.4. The average Bonchev–Trinajstić information content (AvgIpc) is 3.33. The van der Waals surface area contributed by atoms with Crippen LogP contribution in [0.3, 0.4) is 0 Å². The highest BCUT2D eigenvalue weighted by Gasteiger charge is 2.60. The summed E-state index contributed by atoms with van der Waals surface area (Å²) in [5, 5.41) is 3.55. The van der Waals surface area contributed by atoms with Crippen LogP contribution >= 0.6 is 0 Å². The Balaban J connectivity index is 1.71. The molecular formula is C35H44N3O6+. The molecule has 2 heterocycles. The van der Waals surface area contributed by atoms with E-state index in [4.69, 9.17) is 19.2 Å². The molecule has 3 aromatic rings. The van der Waals surface area contributed by atoms with E-state index in [1.54, 1.807) is 26.8 Å². The first-order valence-corrected chi connectivity index (χ1v) is 15.2. The van der Waals surface area contributed by atoms with Gasteiger partial charge in [-0.1, -0.05) is 68.8 Å². The van der Waals surface area contributed by atoms with Gasteiger partial charge in [0.05, 0.1) is 18.3 Å². The van der Waals surface area contributed by atoms with Crippen molar-refractivity contribution in [2.45, 2.75) is 84.1 Å². The van der Waals surface area contributed by atoms with Crippen molar-refractivity contribution in [1.82, 2.24) is 10.3 Å². The summed E-state index contributed by atoms with van der Waals surface area (Å²) >= 11 is 0. The zero-order chi connectivity index (χ0) is 32.1. The van der Waals surface area contributed by atoms with Crippen molar-refractivity contribution in [2.24, 2.45) is 0 Å². The van der Waals surface area contributed by atoms with Gasteiger partial charge in [-0.3, -0.25) is 0 Å². The molecule has 1 aromatic heterocycles. The number of likely N-dealkylation sites (tertiary alicyclic amines) is 1. The lowest BCUT2D eigenvalue weighted by atomic mass is 10.1. The van der Waals surface area contributed by atoms with Gasteiger partial charge in [0, 0.05) is 23.4 Å². The summed E-state index contributed by atoms with van der Waals surface area (Å²) in [4.78, 5) is 45.5. The number of rotatable bonds is 9. The lowest BCUT2D eigenvalue weighted by molar-refractivity contribution is -0.794. The van der Waals surface area contributed by atoms with Crippen LogP contribution in [0.5, 0.6) is 5.75 Å². The standard InChI is InChI=1S/C35H43N3O6/c1-8-10-16-29(37-33(40)44-35(4,5)6)32(39)38(34(41)42-7)22-26(19-23(38)3)43-31-21-30(25-14-12-11-13-15-25)36-28-18-17-24(9-2)20-27(28)31/h9,11-15,17-18,20-21,23,26,29H,2,8,10,16,19,22H2,1,3-7H3/p+1/t23?,26-,29?,38?/m1/s1. The Bertz CT molecular complexity index is 1520. The predicted octanol–water partition coefficient (Wildman–Crippen LogP) is 7.28. The van der Waals surface area contributed by atoms with Gasteiger partial charge in [-0.05, 0) is 51.8 Å². The molecule has 1 aliphatic rings. The summed E-state index contributed by atoms with van der Waals surface area (Å²) in [5.41, 5.74) is 2.61. The van der Waals surface area contributed by atoms with Gasteiger partial charge in [0.15, 0.2) is 6.10 Å². The quantitative estimate of drug-likeness (QED) is 0.257. The molecule has 0 saturated carbocycles. The van der Waals surface area contributed by atoms with E-state index in [2.05, 4.69) is 11.9 Å². The summed E-state index contributed by atoms with van der Waals surface area (Å²) in [6.07, 6.45) is 2.15. The lowest BCUT2D eigenvalue weighted by Crippen LogP contribution is -2.65. The van der Waals surface area contributed by atoms with Gasteiger partial charge in [0.1, 0.15) is 30.0 Å². The van der Waals surface area contributed by atoms with Gasteiger partial charge in [0.25, 0.3) is 0 Å². The molecule has 44 heavy (non-hydrogen) atoms. The number of methoxy groups -OCH3 is 1. The largest absolute Gasteiger partial charge is 0.523 e. The molecule has 1 aliphatic heterocycles. The topological polar surface area (TPSA) is 104 Å². The Hall–Kier alpha value is -4.24. The van der Waals surface area contributed by atoms with Gasteiger partial charge < -0.3 is 19.5 Å². The van der Waals surface area contributed by atoms with E-state index in [1.807, 2.05) is 68.4 Å². The van der Waals surface area contributed by atoms with E-state index in [-0.39, 0.29) is 6.54 Å². The molecule has 4 rings (SSSR count). The molecule has 3 amide bonds. The number of unbranched alkanes of at least 4 members (excludes halogenated alkanes) is 1. The second-order valence-corrected chi connectivity index (χ2v) is 12.4. The monoisotopic (exact) mass is 602 g/mol. The minimum absolute atomic E-state index is 0.0525. The van der Waals surface area contributed by atoms with Gasteiger partial charge in [0.2, 0.25) is 0 Å². The van der Waals surface area contributed by atoms with E-state index in [9.17, 15) is 14.4 Å². The smallest absolute Gasteiger partial charge is 0.483 e. The number of nitrogens with one attached hydrogen (secondary N) is 1. The van der Waals surface area contributed by atoms with Gasteiger partial charge in [-0.25, -0.2) is 14.6 Å². The third-order valence-electron chi connectivity index (χ3n) is 7.97. The molecule has 234 valence electrons. The first-order chi connectivity index (χ1) is 20.9. The summed E-state index contributed by atoms with van der Waals surface area (Å²) in [6, 6.07) is 16.2. The average molecular weight is 603 g/mol. The molecule has 0 spiro atoms. The highest BCUT2D eigenvalue weighted by molar-refractivity contribution is 5.90. The highest BCUT2D eigenvalue weighted by atomic mass is 16.6. The molecule has 4 atom stereocenters. The number of hydrogen-bond donors (Lipinski definition) is 1. The van der Waals surface area contributed by atoms with Crippen LogP contribution in [0.1, 0.15) is 65.9 Å². The van der Waals surface area contributed by atoms with Crippen LogP contribution in [0.4, 0.5) is 9.59 Å². The Kier molecular flexibility index (Phi) is 10.1. The number of alkyl carbamates (subject to hydrolysis) is 1. The SMILES string of the molecule is C=Cc1ccc2nc(-c3ccccc3)cc(O[C@@H]3CC(C)[N+](C(=O)OC)(C(=O)C(CCCC)NC(=O)OC(C)(C)C)C3)c2c1. The number of quaternary nitrogens is 1. The van der Waals surface area contributed by atoms with Crippen molar-refractivity contribution < 1.29 is 33.1 Å². The van der Waals surface area contributed by atoms with E-state index >= 15 is 0 Å². The number of carbonyl (C=O) groups excluding carboxylic acids is 3. The third kappa shape index (κ3) is 7.10. The van der Waals surface area contributed by atoms with Gasteiger partial charge in [-0.15, -0.1) is 0 Å². The van der Waals surface area contributed by atoms with Crippen molar-refractivity contribution in [3.63, 3.8) is 0 Å². The number of hydrogen-bond acceptors (Lipinski definition) is 7. The number of amides is 3. The number of pyridine rings is 1. The zero-order valence-electron chi connectivity index (χ0n) is 26.6. The van der Waals surface area contributed by atoms with E-state index < -0.39 is 46.4 Å². The molecule has 1 saturated heterocycles. The molecule has 3 unspecified atom stereocenters. The molecule has 1 fully saturated rings. The van der Waals surface area contributed by atoms with Crippen molar-refractivity contribution >= 4 is 35.1 Å². The second kappa shape index (κ2) is 13.6. The zero-order valence-corrected chi connectivity index (χ0v) is 26.6. The first-order valence-electron chi connectivity index (χ1n) is 15.2. The summed E-state index contributed by atoms with van der Waals surface area (Å²) in [7, 11) is 1.28. The van der Waals surface area contributed by atoms with Crippen LogP contribution in [-0.4, -0.2) is 65.0 Å². The Morgan fingerprint density at radius 3 is 2.50 bits per heavy atom. The van der Waals surface area contributed by atoms with Crippen LogP contribution in [-0.2, 0) is 14.3 Å². The molecule has 9 nitrogen and oxygen atoms in total. The van der Waals surface area contributed by atoms with Crippen LogP contribution in [0.15, 0.2) is 61.2 Å². The van der Waals surface area contributed by atoms with Crippen molar-refractivity contribution in [3.05, 3.63) is 66.7 Å². The Morgan fingerprint density at radius 1 is 1.14 bits per heavy atom. The van der Waals surface area contributed by atoms with E-state index in [0.717, 1.165) is 34.1 Å². The number of fused-ring (bicyclic) bond motifs is 1. The van der Waals surface area contributed by atoms with E-state index in [1.165, 1.54) is 7.11 Å². The van der Waals surface area contributed by atoms with Crippen LogP contribution in [0.2, 0.25) is 0 Å². The first kappa shape index (κ1) is 32.7. The Labute approximate surface area is 259 Å². The maximum atomic E-state index is 14.3. The third-order valence-corrected chi connectivity index (χ3v) is 7.97. The van der Waals surface area contributed by atoms with Crippen molar-refractivity contribution in [3.8, 4) is 17.0 Å². The van der Waals surface area contributed by atoms with Crippen molar-refractivity contribution in [1.29, 1.82) is 0 Å². The van der Waals surface area contributed by atoms with Crippen molar-refractivity contribution in [2.75, 3.05) is 13.7 Å². The van der Waals surface area contributed by atoms with Gasteiger partial charge >= 0.3 is 18.1 Å². The number of aromatic nitrogens is 1. The fourth-order valence-corrected chi connectivity index (χ4v) is 5.80. The Morgan fingerprint density at radius 2 is 1.86 bits per heavy atom. The summed E-state index contributed by atoms with van der Waals surface area (Å²) in [5.74, 6) is 0.162. The number of imide groups is 1. The molecule has 0 radical (unpaired) electrons. The minimum Gasteiger partial charge on any atom is -0.483 e. The maximum Gasteiger partial charge on any atom is 0.523 e. The number of nitrogens with zero attached hydrogens (tertiary/aromatic N) is 2. The van der Waals surface area contributed by atoms with E-state index in [0.29, 0.717) is 25.0 Å². The highest BCUT2D eigenvalue weighted by Crippen LogP contribution is 2.37. The lowest BCUT2D eigenvalue weighted by Gasteiger charge is -2.34. The fraction of sp³-hybridized carbons (Fsp3) is 0.429. The maximum absolute atomic E-state index is 14.3. The normalized spacial score (nSPS) is 20.5. The molecule has 0 bridgehead atoms. The number of benzene rings is 2. The molecular weight excluding hydrogens is 558 g/mol. The van der Waals surface area contributed by atoms with Crippen LogP contribution < -0.4 is 10.1 Å². The van der Waals surface area contributed by atoms with Gasteiger partial charge in [-0.2, -0.15) is 9.28 Å². The van der Waals surface area contributed by atoms with Crippen LogP contribution in [0, 0.1) is 0 Å². The minimum atomic E-state index is -0.938. The summed E-state index contributed by atoms with van der Waals surface area (Å²) in [6.45, 7) is 13.1. The molecule has 0 aliphatic carbocycles. The van der Waals surface area contributed by atoms with Crippen LogP contribution in [0.25, 0.3) is 28.2 Å². The molecule has 2 aromatic carbocycles. The summed E-state index contributed by atoms with van der Waals surface area (Å²) < 4.78 is 16.8. The molecule has 9 heteroatoms. The number of ether oxygens (including phenoxy) is 3. The molecule has 1 N–H and O–H groups in total. The fourth-order valence-electron chi connectivity index (χ4n) is 5.80.